The van der Waals surface area contributed by atoms with E-state index in [1.807, 2.05) is 6.92 Å². The molecule has 1 saturated heterocycles. The van der Waals surface area contributed by atoms with Crippen LogP contribution >= 0.6 is 0 Å². The van der Waals surface area contributed by atoms with Crippen LogP contribution in [0.25, 0.3) is 11.2 Å². The third-order valence-corrected chi connectivity index (χ3v) is 4.17. The van der Waals surface area contributed by atoms with Crippen molar-refractivity contribution in [2.24, 2.45) is 0 Å². The molecule has 0 amide bonds. The quantitative estimate of drug-likeness (QED) is 0.581. The summed E-state index contributed by atoms with van der Waals surface area (Å²) in [6.07, 6.45) is -0.0489. The van der Waals surface area contributed by atoms with Gasteiger partial charge in [0, 0.05) is 0 Å². The number of nitrogens with two attached hydrogens (primary N) is 1. The van der Waals surface area contributed by atoms with Gasteiger partial charge in [0.05, 0.1) is 12.4 Å². The van der Waals surface area contributed by atoms with Crippen LogP contribution in [0.4, 0.5) is 5.82 Å². The van der Waals surface area contributed by atoms with Gasteiger partial charge in [0.15, 0.2) is 17.7 Å². The summed E-state index contributed by atoms with van der Waals surface area (Å²) in [4.78, 5) is 12.1. The zero-order valence-corrected chi connectivity index (χ0v) is 12.8. The van der Waals surface area contributed by atoms with E-state index >= 15 is 0 Å². The summed E-state index contributed by atoms with van der Waals surface area (Å²) in [6, 6.07) is 0. The van der Waals surface area contributed by atoms with Crippen molar-refractivity contribution in [2.75, 3.05) is 5.73 Å². The number of aliphatic hydroxyl groups excluding tert-OH is 3. The van der Waals surface area contributed by atoms with Crippen LogP contribution in [0.2, 0.25) is 0 Å². The van der Waals surface area contributed by atoms with Crippen LogP contribution < -0.4 is 5.73 Å². The number of fused-ring (bicyclic) bond motifs is 1. The largest absolute Gasteiger partial charge is 0.390 e. The maximum atomic E-state index is 10.3. The highest BCUT2D eigenvalue weighted by Gasteiger charge is 2.47. The molecule has 0 aromatic carbocycles. The fourth-order valence-corrected chi connectivity index (χ4v) is 2.87. The van der Waals surface area contributed by atoms with Crippen molar-refractivity contribution in [3.8, 4) is 0 Å². The molecule has 9 nitrogen and oxygen atoms in total. The molecule has 0 radical (unpaired) electrons. The second kappa shape index (κ2) is 6.36. The van der Waals surface area contributed by atoms with E-state index in [-0.39, 0.29) is 5.82 Å². The first-order valence-electron chi connectivity index (χ1n) is 7.67. The van der Waals surface area contributed by atoms with Gasteiger partial charge in [-0.2, -0.15) is 0 Å². The van der Waals surface area contributed by atoms with E-state index in [2.05, 4.69) is 15.0 Å². The van der Waals surface area contributed by atoms with Gasteiger partial charge in [-0.25, -0.2) is 15.0 Å². The minimum atomic E-state index is -1.20. The van der Waals surface area contributed by atoms with Crippen LogP contribution in [0, 0.1) is 0 Å². The Morgan fingerprint density at radius 3 is 2.83 bits per heavy atom. The lowest BCUT2D eigenvalue weighted by molar-refractivity contribution is -0.0857. The number of hydrogen-bond acceptors (Lipinski definition) is 8. The maximum absolute atomic E-state index is 10.3. The molecule has 0 bridgehead atoms. The van der Waals surface area contributed by atoms with E-state index in [4.69, 9.17) is 10.5 Å². The average Bonchev–Trinajstić information content (AvgIpc) is 3.09. The maximum Gasteiger partial charge on any atom is 0.167 e. The third kappa shape index (κ3) is 2.76. The Bertz CT molecular complexity index is 678. The fraction of sp³-hybridized carbons (Fsp3) is 0.643. The summed E-state index contributed by atoms with van der Waals surface area (Å²) in [5.74, 6) is 0.223. The van der Waals surface area contributed by atoms with Gasteiger partial charge in [-0.05, 0) is 6.42 Å². The van der Waals surface area contributed by atoms with Crippen molar-refractivity contribution in [3.05, 3.63) is 12.7 Å². The zero-order valence-electron chi connectivity index (χ0n) is 12.8. The molecule has 23 heavy (non-hydrogen) atoms. The van der Waals surface area contributed by atoms with Gasteiger partial charge < -0.3 is 25.8 Å². The van der Waals surface area contributed by atoms with Crippen LogP contribution in [-0.2, 0) is 4.74 Å². The van der Waals surface area contributed by atoms with Crippen LogP contribution in [0.3, 0.4) is 0 Å². The molecule has 1 fully saturated rings. The monoisotopic (exact) mass is 323 g/mol. The Hall–Kier alpha value is -1.81. The van der Waals surface area contributed by atoms with E-state index in [0.717, 1.165) is 12.8 Å². The summed E-state index contributed by atoms with van der Waals surface area (Å²) in [7, 11) is 0. The Morgan fingerprint density at radius 2 is 2.09 bits per heavy atom. The average molecular weight is 323 g/mol. The summed E-state index contributed by atoms with van der Waals surface area (Å²) >= 11 is 0. The topological polar surface area (TPSA) is 140 Å². The van der Waals surface area contributed by atoms with Crippen molar-refractivity contribution in [1.82, 2.24) is 19.5 Å². The number of unbranched alkanes of at least 4 members (excludes halogenated alkanes) is 1. The summed E-state index contributed by atoms with van der Waals surface area (Å²) < 4.78 is 7.20. The van der Waals surface area contributed by atoms with Crippen LogP contribution in [0.15, 0.2) is 12.7 Å². The molecule has 0 saturated carbocycles. The number of aliphatic hydroxyl groups is 3. The van der Waals surface area contributed by atoms with Gasteiger partial charge >= 0.3 is 0 Å². The number of nitrogen functional groups attached to an aromatic ring is 1. The normalized spacial score (nSPS) is 29.2. The number of imidazole rings is 1. The molecule has 2 aromatic rings. The van der Waals surface area contributed by atoms with Crippen molar-refractivity contribution < 1.29 is 20.1 Å². The molecule has 9 heteroatoms. The van der Waals surface area contributed by atoms with Crippen molar-refractivity contribution in [2.45, 2.75) is 56.8 Å². The van der Waals surface area contributed by atoms with Crippen LogP contribution in [-0.4, -0.2) is 59.3 Å². The minimum absolute atomic E-state index is 0.223. The first kappa shape index (κ1) is 16.1. The molecule has 3 heterocycles. The number of rotatable bonds is 5. The molecule has 126 valence electrons. The van der Waals surface area contributed by atoms with Crippen molar-refractivity contribution in [3.63, 3.8) is 0 Å². The molecule has 5 atom stereocenters. The Balaban J connectivity index is 1.86. The highest BCUT2D eigenvalue weighted by Crippen LogP contribution is 2.34. The summed E-state index contributed by atoms with van der Waals surface area (Å²) in [6.45, 7) is 2.01. The Morgan fingerprint density at radius 1 is 1.30 bits per heavy atom. The molecular formula is C14H21N5O4. The first-order valence-corrected chi connectivity index (χ1v) is 7.67. The number of nitrogens with zero attached hydrogens (tertiary/aromatic N) is 4. The fourth-order valence-electron chi connectivity index (χ4n) is 2.87. The molecule has 5 N–H and O–H groups in total. The lowest BCUT2D eigenvalue weighted by Crippen LogP contribution is -2.38. The molecule has 2 aromatic heterocycles. The zero-order chi connectivity index (χ0) is 16.6. The molecule has 0 spiro atoms. The second-order valence-electron chi connectivity index (χ2n) is 5.76. The molecule has 1 aliphatic rings. The van der Waals surface area contributed by atoms with Gasteiger partial charge in [0.1, 0.15) is 30.2 Å². The summed E-state index contributed by atoms with van der Waals surface area (Å²) in [5, 5.41) is 30.7. The molecule has 0 aliphatic carbocycles. The van der Waals surface area contributed by atoms with Crippen LogP contribution in [0.1, 0.15) is 32.4 Å². The number of anilines is 1. The van der Waals surface area contributed by atoms with Gasteiger partial charge in [-0.15, -0.1) is 0 Å². The van der Waals surface area contributed by atoms with Crippen molar-refractivity contribution >= 4 is 17.0 Å². The number of aromatic nitrogens is 4. The van der Waals surface area contributed by atoms with E-state index in [0.29, 0.717) is 17.6 Å². The highest BCUT2D eigenvalue weighted by molar-refractivity contribution is 5.81. The van der Waals surface area contributed by atoms with E-state index in [9.17, 15) is 15.3 Å². The standard InChI is InChI=1S/C14H21N5O4/c1-2-3-4-7(20)11-9(21)10(22)14(23-11)19-6-18-8-12(15)16-5-17-13(8)19/h5-7,9-11,14,20-22H,2-4H2,1H3,(H2,15,16,17)/t7-,9-,10+,11+,14+/m0/s1. The predicted octanol–water partition coefficient (Wildman–Crippen LogP) is -0.421. The third-order valence-electron chi connectivity index (χ3n) is 4.17. The van der Waals surface area contributed by atoms with Gasteiger partial charge in [-0.1, -0.05) is 19.8 Å². The van der Waals surface area contributed by atoms with E-state index < -0.39 is 30.6 Å². The SMILES string of the molecule is CCCC[C@H](O)[C@H]1O[C@@H](n2cnc3c(N)ncnc32)[C@H](O)[C@@H]1O. The lowest BCUT2D eigenvalue weighted by atomic mass is 10.0. The lowest BCUT2D eigenvalue weighted by Gasteiger charge is -2.20. The molecule has 3 rings (SSSR count). The highest BCUT2D eigenvalue weighted by atomic mass is 16.6. The second-order valence-corrected chi connectivity index (χ2v) is 5.76. The minimum Gasteiger partial charge on any atom is -0.390 e. The summed E-state index contributed by atoms with van der Waals surface area (Å²) in [5.41, 5.74) is 6.54. The van der Waals surface area contributed by atoms with Crippen molar-refractivity contribution in [1.29, 1.82) is 0 Å². The van der Waals surface area contributed by atoms with Gasteiger partial charge in [-0.3, -0.25) is 4.57 Å². The van der Waals surface area contributed by atoms with Crippen LogP contribution in [0.5, 0.6) is 0 Å². The molecule has 1 aliphatic heterocycles. The number of ether oxygens (including phenoxy) is 1. The predicted molar refractivity (Wildman–Crippen MR) is 81.2 cm³/mol. The number of hydrogen-bond donors (Lipinski definition) is 4. The first-order chi connectivity index (χ1) is 11.0. The van der Waals surface area contributed by atoms with Gasteiger partial charge in [0.2, 0.25) is 0 Å². The van der Waals surface area contributed by atoms with E-state index in [1.165, 1.54) is 17.2 Å². The molecule has 0 unspecified atom stereocenters. The van der Waals surface area contributed by atoms with E-state index in [1.54, 1.807) is 0 Å². The Labute approximate surface area is 132 Å². The van der Waals surface area contributed by atoms with Gasteiger partial charge in [0.25, 0.3) is 0 Å². The molecular weight excluding hydrogens is 302 g/mol. The Kier molecular flexibility index (Phi) is 4.44. The smallest absolute Gasteiger partial charge is 0.167 e.